The van der Waals surface area contributed by atoms with Gasteiger partial charge in [-0.1, -0.05) is 26.2 Å². The van der Waals surface area contributed by atoms with Gasteiger partial charge in [0.05, 0.1) is 13.2 Å². The standard InChI is InChI=1S/C13H23NO3/c1-2-3-4-5-10-17-13(16)11-14-8-6-12(15)7-9-14/h2-11H2,1H3. The highest BCUT2D eigenvalue weighted by Gasteiger charge is 2.18. The Kier molecular flexibility index (Phi) is 6.86. The highest BCUT2D eigenvalue weighted by Crippen LogP contribution is 2.05. The van der Waals surface area contributed by atoms with Crippen molar-refractivity contribution in [2.45, 2.75) is 45.4 Å². The van der Waals surface area contributed by atoms with Gasteiger partial charge in [-0.2, -0.15) is 0 Å². The molecule has 17 heavy (non-hydrogen) atoms. The summed E-state index contributed by atoms with van der Waals surface area (Å²) in [5, 5.41) is 0. The first-order valence-corrected chi connectivity index (χ1v) is 6.62. The van der Waals surface area contributed by atoms with E-state index >= 15 is 0 Å². The molecule has 1 heterocycles. The maximum Gasteiger partial charge on any atom is 0.320 e. The SMILES string of the molecule is CCCCCCOC(=O)CN1CCC(=O)CC1. The first kappa shape index (κ1) is 14.2. The topological polar surface area (TPSA) is 46.6 Å². The van der Waals surface area contributed by atoms with Crippen LogP contribution < -0.4 is 0 Å². The Morgan fingerprint density at radius 1 is 1.24 bits per heavy atom. The van der Waals surface area contributed by atoms with Crippen molar-refractivity contribution in [3.05, 3.63) is 0 Å². The van der Waals surface area contributed by atoms with E-state index in [0.717, 1.165) is 12.8 Å². The molecule has 0 amide bonds. The molecule has 0 N–H and O–H groups in total. The summed E-state index contributed by atoms with van der Waals surface area (Å²) in [7, 11) is 0. The van der Waals surface area contributed by atoms with Crippen LogP contribution in [0.2, 0.25) is 0 Å². The number of carbonyl (C=O) groups is 2. The molecule has 0 atom stereocenters. The molecule has 1 aliphatic heterocycles. The summed E-state index contributed by atoms with van der Waals surface area (Å²) >= 11 is 0. The van der Waals surface area contributed by atoms with Gasteiger partial charge in [0.2, 0.25) is 0 Å². The van der Waals surface area contributed by atoms with Crippen LogP contribution in [0, 0.1) is 0 Å². The summed E-state index contributed by atoms with van der Waals surface area (Å²) in [4.78, 5) is 24.5. The first-order valence-electron chi connectivity index (χ1n) is 6.62. The van der Waals surface area contributed by atoms with Crippen LogP contribution >= 0.6 is 0 Å². The molecule has 4 heteroatoms. The zero-order valence-corrected chi connectivity index (χ0v) is 10.7. The Bertz CT molecular complexity index is 243. The molecule has 1 rings (SSSR count). The number of Topliss-reactive ketones (excluding diaryl/α,β-unsaturated/α-hetero) is 1. The minimum atomic E-state index is -0.157. The normalized spacial score (nSPS) is 17.1. The molecule has 98 valence electrons. The van der Waals surface area contributed by atoms with Gasteiger partial charge in [-0.3, -0.25) is 14.5 Å². The van der Waals surface area contributed by atoms with Crippen molar-refractivity contribution >= 4 is 11.8 Å². The second-order valence-electron chi connectivity index (χ2n) is 4.60. The molecule has 0 aliphatic carbocycles. The Morgan fingerprint density at radius 3 is 2.59 bits per heavy atom. The summed E-state index contributed by atoms with van der Waals surface area (Å²) in [5.74, 6) is 0.144. The van der Waals surface area contributed by atoms with Gasteiger partial charge in [0, 0.05) is 25.9 Å². The number of esters is 1. The van der Waals surface area contributed by atoms with E-state index in [1.807, 2.05) is 4.90 Å². The fraction of sp³-hybridized carbons (Fsp3) is 0.846. The number of ether oxygens (including phenoxy) is 1. The largest absolute Gasteiger partial charge is 0.465 e. The molecule has 1 saturated heterocycles. The molecule has 0 aromatic heterocycles. The Morgan fingerprint density at radius 2 is 1.94 bits per heavy atom. The van der Waals surface area contributed by atoms with Crippen LogP contribution in [0.15, 0.2) is 0 Å². The third-order valence-electron chi connectivity index (χ3n) is 3.03. The van der Waals surface area contributed by atoms with Gasteiger partial charge in [-0.25, -0.2) is 0 Å². The fourth-order valence-electron chi connectivity index (χ4n) is 1.90. The lowest BCUT2D eigenvalue weighted by molar-refractivity contribution is -0.146. The molecule has 0 bridgehead atoms. The van der Waals surface area contributed by atoms with Crippen LogP contribution in [-0.2, 0) is 14.3 Å². The third kappa shape index (κ3) is 6.41. The predicted molar refractivity (Wildman–Crippen MR) is 65.8 cm³/mol. The predicted octanol–water partition coefficient (Wildman–Crippen LogP) is 1.77. The molecule has 4 nitrogen and oxygen atoms in total. The second-order valence-corrected chi connectivity index (χ2v) is 4.60. The molecule has 1 aliphatic rings. The maximum absolute atomic E-state index is 11.5. The van der Waals surface area contributed by atoms with E-state index in [1.165, 1.54) is 12.8 Å². The van der Waals surface area contributed by atoms with Crippen molar-refractivity contribution < 1.29 is 14.3 Å². The molecule has 0 aromatic carbocycles. The smallest absolute Gasteiger partial charge is 0.320 e. The lowest BCUT2D eigenvalue weighted by atomic mass is 10.1. The Hall–Kier alpha value is -0.900. The monoisotopic (exact) mass is 241 g/mol. The molecule has 0 unspecified atom stereocenters. The number of nitrogens with zero attached hydrogens (tertiary/aromatic N) is 1. The number of hydrogen-bond donors (Lipinski definition) is 0. The zero-order chi connectivity index (χ0) is 12.5. The van der Waals surface area contributed by atoms with E-state index in [9.17, 15) is 9.59 Å². The van der Waals surface area contributed by atoms with Gasteiger partial charge < -0.3 is 4.74 Å². The van der Waals surface area contributed by atoms with Crippen molar-refractivity contribution in [3.63, 3.8) is 0 Å². The molecule has 0 radical (unpaired) electrons. The first-order chi connectivity index (χ1) is 8.22. The van der Waals surface area contributed by atoms with E-state index in [1.54, 1.807) is 0 Å². The number of piperidine rings is 1. The summed E-state index contributed by atoms with van der Waals surface area (Å²) in [6.45, 7) is 4.42. The van der Waals surface area contributed by atoms with Crippen molar-refractivity contribution in [3.8, 4) is 0 Å². The van der Waals surface area contributed by atoms with E-state index in [0.29, 0.717) is 44.9 Å². The summed E-state index contributed by atoms with van der Waals surface area (Å²) in [6, 6.07) is 0. The van der Waals surface area contributed by atoms with E-state index < -0.39 is 0 Å². The van der Waals surface area contributed by atoms with Gasteiger partial charge in [0.15, 0.2) is 0 Å². The van der Waals surface area contributed by atoms with Crippen LogP contribution in [0.4, 0.5) is 0 Å². The number of likely N-dealkylation sites (tertiary alicyclic amines) is 1. The van der Waals surface area contributed by atoms with E-state index in [-0.39, 0.29) is 5.97 Å². The van der Waals surface area contributed by atoms with Gasteiger partial charge in [-0.15, -0.1) is 0 Å². The molecule has 1 fully saturated rings. The van der Waals surface area contributed by atoms with E-state index in [4.69, 9.17) is 4.74 Å². The van der Waals surface area contributed by atoms with Gasteiger partial charge in [0.25, 0.3) is 0 Å². The number of carbonyl (C=O) groups excluding carboxylic acids is 2. The lowest BCUT2D eigenvalue weighted by Crippen LogP contribution is -2.38. The Balaban J connectivity index is 2.02. The average molecular weight is 241 g/mol. The fourth-order valence-corrected chi connectivity index (χ4v) is 1.90. The van der Waals surface area contributed by atoms with Crippen molar-refractivity contribution in [1.29, 1.82) is 0 Å². The number of ketones is 1. The summed E-state index contributed by atoms with van der Waals surface area (Å²) in [6.07, 6.45) is 5.62. The van der Waals surface area contributed by atoms with Gasteiger partial charge in [-0.05, 0) is 6.42 Å². The van der Waals surface area contributed by atoms with Crippen LogP contribution in [0.1, 0.15) is 45.4 Å². The summed E-state index contributed by atoms with van der Waals surface area (Å²) in [5.41, 5.74) is 0. The maximum atomic E-state index is 11.5. The van der Waals surface area contributed by atoms with E-state index in [2.05, 4.69) is 6.92 Å². The van der Waals surface area contributed by atoms with Crippen molar-refractivity contribution in [2.24, 2.45) is 0 Å². The van der Waals surface area contributed by atoms with Gasteiger partial charge >= 0.3 is 5.97 Å². The highest BCUT2D eigenvalue weighted by atomic mass is 16.5. The minimum Gasteiger partial charge on any atom is -0.465 e. The van der Waals surface area contributed by atoms with Crippen LogP contribution in [0.25, 0.3) is 0 Å². The number of hydrogen-bond acceptors (Lipinski definition) is 4. The highest BCUT2D eigenvalue weighted by molar-refractivity contribution is 5.80. The van der Waals surface area contributed by atoms with Crippen LogP contribution in [0.3, 0.4) is 0 Å². The molecular weight excluding hydrogens is 218 g/mol. The second kappa shape index (κ2) is 8.23. The van der Waals surface area contributed by atoms with Crippen LogP contribution in [0.5, 0.6) is 0 Å². The van der Waals surface area contributed by atoms with Gasteiger partial charge in [0.1, 0.15) is 5.78 Å². The zero-order valence-electron chi connectivity index (χ0n) is 10.7. The quantitative estimate of drug-likeness (QED) is 0.503. The molecular formula is C13H23NO3. The van der Waals surface area contributed by atoms with Crippen LogP contribution in [-0.4, -0.2) is 42.9 Å². The number of rotatable bonds is 7. The molecule has 0 saturated carbocycles. The third-order valence-corrected chi connectivity index (χ3v) is 3.03. The van der Waals surface area contributed by atoms with Crippen molar-refractivity contribution in [2.75, 3.05) is 26.2 Å². The average Bonchev–Trinajstić information content (AvgIpc) is 2.32. The lowest BCUT2D eigenvalue weighted by Gasteiger charge is -2.24. The molecule has 0 aromatic rings. The minimum absolute atomic E-state index is 0.157. The summed E-state index contributed by atoms with van der Waals surface area (Å²) < 4.78 is 5.15. The number of unbranched alkanes of at least 4 members (excludes halogenated alkanes) is 3. The Labute approximate surface area is 103 Å². The van der Waals surface area contributed by atoms with Crippen molar-refractivity contribution in [1.82, 2.24) is 4.90 Å². The molecule has 0 spiro atoms.